The number of aryl methyl sites for hydroxylation is 2. The Balaban J connectivity index is 2.00. The third kappa shape index (κ3) is 2.71. The standard InChI is InChI=1S/C16H16BrN3O/c1-10-8-11(20(2)19-10)9-15(21)13-5-6-14(17)12-4-3-7-18-16(12)13/h3-8,15,21H,9H2,1-2H3. The molecule has 0 radical (unpaired) electrons. The molecule has 0 saturated heterocycles. The summed E-state index contributed by atoms with van der Waals surface area (Å²) in [5.41, 5.74) is 3.64. The summed E-state index contributed by atoms with van der Waals surface area (Å²) >= 11 is 3.53. The van der Waals surface area contributed by atoms with Gasteiger partial charge in [0.05, 0.1) is 17.3 Å². The van der Waals surface area contributed by atoms with Crippen LogP contribution in [0.15, 0.2) is 41.0 Å². The predicted molar refractivity (Wildman–Crippen MR) is 86.1 cm³/mol. The number of aromatic nitrogens is 3. The van der Waals surface area contributed by atoms with Gasteiger partial charge in [-0.1, -0.05) is 28.1 Å². The molecule has 108 valence electrons. The van der Waals surface area contributed by atoms with E-state index in [1.165, 1.54) is 0 Å². The highest BCUT2D eigenvalue weighted by atomic mass is 79.9. The summed E-state index contributed by atoms with van der Waals surface area (Å²) in [6.07, 6.45) is 1.66. The van der Waals surface area contributed by atoms with Crippen molar-refractivity contribution < 1.29 is 5.11 Å². The van der Waals surface area contributed by atoms with E-state index in [1.807, 2.05) is 49.0 Å². The molecule has 21 heavy (non-hydrogen) atoms. The maximum Gasteiger partial charge on any atom is 0.0866 e. The van der Waals surface area contributed by atoms with Crippen LogP contribution in [0.2, 0.25) is 0 Å². The number of hydrogen-bond acceptors (Lipinski definition) is 3. The number of benzene rings is 1. The van der Waals surface area contributed by atoms with Gasteiger partial charge in [-0.05, 0) is 25.1 Å². The summed E-state index contributed by atoms with van der Waals surface area (Å²) in [5, 5.41) is 15.9. The first-order valence-electron chi connectivity index (χ1n) is 6.77. The SMILES string of the molecule is Cc1cc(CC(O)c2ccc(Br)c3cccnc23)n(C)n1. The van der Waals surface area contributed by atoms with Crippen molar-refractivity contribution in [3.63, 3.8) is 0 Å². The first-order valence-corrected chi connectivity index (χ1v) is 7.56. The Labute approximate surface area is 131 Å². The van der Waals surface area contributed by atoms with Crippen LogP contribution in [0.1, 0.15) is 23.1 Å². The second kappa shape index (κ2) is 5.58. The first-order chi connectivity index (χ1) is 10.1. The molecular weight excluding hydrogens is 330 g/mol. The zero-order valence-electron chi connectivity index (χ0n) is 11.9. The van der Waals surface area contributed by atoms with Crippen molar-refractivity contribution >= 4 is 26.8 Å². The highest BCUT2D eigenvalue weighted by molar-refractivity contribution is 9.10. The van der Waals surface area contributed by atoms with Crippen LogP contribution >= 0.6 is 15.9 Å². The van der Waals surface area contributed by atoms with Gasteiger partial charge >= 0.3 is 0 Å². The molecule has 0 aliphatic heterocycles. The second-order valence-electron chi connectivity index (χ2n) is 5.16. The number of aliphatic hydroxyl groups excluding tert-OH is 1. The second-order valence-corrected chi connectivity index (χ2v) is 6.01. The molecule has 4 nitrogen and oxygen atoms in total. The van der Waals surface area contributed by atoms with Gasteiger partial charge in [-0.15, -0.1) is 0 Å². The zero-order valence-corrected chi connectivity index (χ0v) is 13.5. The molecule has 0 aliphatic rings. The Kier molecular flexibility index (Phi) is 3.78. The highest BCUT2D eigenvalue weighted by Crippen LogP contribution is 2.30. The molecule has 5 heteroatoms. The minimum Gasteiger partial charge on any atom is -0.388 e. The summed E-state index contributed by atoms with van der Waals surface area (Å²) in [4.78, 5) is 4.42. The van der Waals surface area contributed by atoms with Crippen LogP contribution in [0.25, 0.3) is 10.9 Å². The van der Waals surface area contributed by atoms with Gasteiger partial charge in [-0.25, -0.2) is 0 Å². The Morgan fingerprint density at radius 3 is 2.86 bits per heavy atom. The van der Waals surface area contributed by atoms with E-state index in [0.29, 0.717) is 6.42 Å². The van der Waals surface area contributed by atoms with Crippen molar-refractivity contribution in [2.45, 2.75) is 19.4 Å². The number of fused-ring (bicyclic) bond motifs is 1. The van der Waals surface area contributed by atoms with Gasteiger partial charge in [-0.3, -0.25) is 9.67 Å². The molecule has 2 aromatic heterocycles. The number of nitrogens with zero attached hydrogens (tertiary/aromatic N) is 3. The van der Waals surface area contributed by atoms with E-state index >= 15 is 0 Å². The Bertz CT molecular complexity index is 797. The number of aliphatic hydroxyl groups is 1. The number of hydrogen-bond donors (Lipinski definition) is 1. The summed E-state index contributed by atoms with van der Waals surface area (Å²) in [6.45, 7) is 1.95. The molecule has 3 aromatic rings. The summed E-state index contributed by atoms with van der Waals surface area (Å²) in [5.74, 6) is 0. The lowest BCUT2D eigenvalue weighted by Crippen LogP contribution is -2.07. The summed E-state index contributed by atoms with van der Waals surface area (Å²) < 4.78 is 2.80. The zero-order chi connectivity index (χ0) is 15.0. The average Bonchev–Trinajstić information content (AvgIpc) is 2.77. The van der Waals surface area contributed by atoms with E-state index in [-0.39, 0.29) is 0 Å². The van der Waals surface area contributed by atoms with Gasteiger partial charge in [0.2, 0.25) is 0 Å². The molecule has 1 atom stereocenters. The Hall–Kier alpha value is -1.72. The van der Waals surface area contributed by atoms with Gasteiger partial charge in [0.25, 0.3) is 0 Å². The molecule has 1 unspecified atom stereocenters. The maximum absolute atomic E-state index is 10.6. The first kappa shape index (κ1) is 14.2. The lowest BCUT2D eigenvalue weighted by Gasteiger charge is -2.14. The monoisotopic (exact) mass is 345 g/mol. The minimum atomic E-state index is -0.606. The quantitative estimate of drug-likeness (QED) is 0.792. The number of rotatable bonds is 3. The molecule has 0 aliphatic carbocycles. The molecular formula is C16H16BrN3O. The highest BCUT2D eigenvalue weighted by Gasteiger charge is 2.16. The number of halogens is 1. The Morgan fingerprint density at radius 2 is 2.14 bits per heavy atom. The van der Waals surface area contributed by atoms with Crippen LogP contribution in [-0.2, 0) is 13.5 Å². The lowest BCUT2D eigenvalue weighted by molar-refractivity contribution is 0.177. The van der Waals surface area contributed by atoms with E-state index < -0.39 is 6.10 Å². The van der Waals surface area contributed by atoms with Crippen LogP contribution in [0.5, 0.6) is 0 Å². The number of pyridine rings is 1. The van der Waals surface area contributed by atoms with Crippen LogP contribution in [-0.4, -0.2) is 19.9 Å². The Morgan fingerprint density at radius 1 is 1.33 bits per heavy atom. The molecule has 0 amide bonds. The largest absolute Gasteiger partial charge is 0.388 e. The van der Waals surface area contributed by atoms with Crippen molar-refractivity contribution in [2.24, 2.45) is 7.05 Å². The van der Waals surface area contributed by atoms with Crippen LogP contribution < -0.4 is 0 Å². The van der Waals surface area contributed by atoms with Gasteiger partial charge < -0.3 is 5.11 Å². The van der Waals surface area contributed by atoms with E-state index in [2.05, 4.69) is 26.0 Å². The van der Waals surface area contributed by atoms with Gasteiger partial charge in [0.15, 0.2) is 0 Å². The topological polar surface area (TPSA) is 50.9 Å². The summed E-state index contributed by atoms with van der Waals surface area (Å²) in [6, 6.07) is 9.77. The van der Waals surface area contributed by atoms with Gasteiger partial charge in [0, 0.05) is 40.8 Å². The van der Waals surface area contributed by atoms with Crippen molar-refractivity contribution in [3.8, 4) is 0 Å². The molecule has 0 bridgehead atoms. The minimum absolute atomic E-state index is 0.518. The molecule has 0 fully saturated rings. The third-order valence-corrected chi connectivity index (χ3v) is 4.30. The molecule has 2 heterocycles. The molecule has 3 rings (SSSR count). The summed E-state index contributed by atoms with van der Waals surface area (Å²) in [7, 11) is 1.90. The van der Waals surface area contributed by atoms with E-state index in [9.17, 15) is 5.11 Å². The maximum atomic E-state index is 10.6. The predicted octanol–water partition coefficient (Wildman–Crippen LogP) is 3.32. The lowest BCUT2D eigenvalue weighted by atomic mass is 10.0. The van der Waals surface area contributed by atoms with E-state index in [4.69, 9.17) is 0 Å². The fourth-order valence-electron chi connectivity index (χ4n) is 2.59. The van der Waals surface area contributed by atoms with Crippen LogP contribution in [0, 0.1) is 6.92 Å². The van der Waals surface area contributed by atoms with Crippen molar-refractivity contribution in [3.05, 3.63) is 58.0 Å². The average molecular weight is 346 g/mol. The van der Waals surface area contributed by atoms with Gasteiger partial charge in [0.1, 0.15) is 0 Å². The molecule has 1 N–H and O–H groups in total. The van der Waals surface area contributed by atoms with Crippen molar-refractivity contribution in [2.75, 3.05) is 0 Å². The third-order valence-electron chi connectivity index (χ3n) is 3.61. The van der Waals surface area contributed by atoms with Crippen molar-refractivity contribution in [1.82, 2.24) is 14.8 Å². The molecule has 1 aromatic carbocycles. The van der Waals surface area contributed by atoms with Crippen LogP contribution in [0.4, 0.5) is 0 Å². The van der Waals surface area contributed by atoms with Crippen molar-refractivity contribution in [1.29, 1.82) is 0 Å². The fourth-order valence-corrected chi connectivity index (χ4v) is 3.04. The van der Waals surface area contributed by atoms with Crippen LogP contribution in [0.3, 0.4) is 0 Å². The molecule has 0 spiro atoms. The van der Waals surface area contributed by atoms with Gasteiger partial charge in [-0.2, -0.15) is 5.10 Å². The van der Waals surface area contributed by atoms with E-state index in [1.54, 1.807) is 6.20 Å². The fraction of sp³-hybridized carbons (Fsp3) is 0.250. The molecule has 0 saturated carbocycles. The van der Waals surface area contributed by atoms with E-state index in [0.717, 1.165) is 32.3 Å². The normalized spacial score (nSPS) is 12.8. The smallest absolute Gasteiger partial charge is 0.0866 e.